The van der Waals surface area contributed by atoms with Gasteiger partial charge in [0.05, 0.1) is 0 Å². The quantitative estimate of drug-likeness (QED) is 0.895. The van der Waals surface area contributed by atoms with Crippen LogP contribution in [0.25, 0.3) is 0 Å². The van der Waals surface area contributed by atoms with Gasteiger partial charge in [0, 0.05) is 37.6 Å². The minimum atomic E-state index is -3.39. The van der Waals surface area contributed by atoms with Crippen LogP contribution in [0.3, 0.4) is 0 Å². The fourth-order valence-electron chi connectivity index (χ4n) is 2.39. The van der Waals surface area contributed by atoms with E-state index in [0.29, 0.717) is 11.4 Å². The SMILES string of the molecule is CC(C)n1cc(S(=O)(=O)N(C)C2CCC2)cc1CN. The van der Waals surface area contributed by atoms with E-state index in [1.807, 2.05) is 18.4 Å². The summed E-state index contributed by atoms with van der Waals surface area (Å²) in [7, 11) is -1.71. The molecule has 2 N–H and O–H groups in total. The molecule has 0 aliphatic heterocycles. The van der Waals surface area contributed by atoms with E-state index in [-0.39, 0.29) is 12.1 Å². The van der Waals surface area contributed by atoms with E-state index in [1.54, 1.807) is 19.3 Å². The first-order valence-electron chi connectivity index (χ1n) is 6.76. The van der Waals surface area contributed by atoms with Crippen molar-refractivity contribution in [1.82, 2.24) is 8.87 Å². The van der Waals surface area contributed by atoms with E-state index in [2.05, 4.69) is 0 Å². The lowest BCUT2D eigenvalue weighted by Crippen LogP contribution is -2.41. The van der Waals surface area contributed by atoms with Gasteiger partial charge >= 0.3 is 0 Å². The van der Waals surface area contributed by atoms with Crippen molar-refractivity contribution in [1.29, 1.82) is 0 Å². The molecule has 0 atom stereocenters. The summed E-state index contributed by atoms with van der Waals surface area (Å²) in [6.07, 6.45) is 4.75. The van der Waals surface area contributed by atoms with Crippen LogP contribution in [-0.2, 0) is 16.6 Å². The maximum absolute atomic E-state index is 12.5. The van der Waals surface area contributed by atoms with Gasteiger partial charge in [-0.15, -0.1) is 0 Å². The molecular weight excluding hydrogens is 262 g/mol. The zero-order chi connectivity index (χ0) is 14.2. The van der Waals surface area contributed by atoms with Crippen molar-refractivity contribution in [2.24, 2.45) is 5.73 Å². The molecule has 0 amide bonds. The van der Waals surface area contributed by atoms with Crippen molar-refractivity contribution < 1.29 is 8.42 Å². The molecule has 5 nitrogen and oxygen atoms in total. The lowest BCUT2D eigenvalue weighted by atomic mass is 9.94. The summed E-state index contributed by atoms with van der Waals surface area (Å²) in [5.41, 5.74) is 6.55. The lowest BCUT2D eigenvalue weighted by Gasteiger charge is -2.33. The van der Waals surface area contributed by atoms with E-state index in [0.717, 1.165) is 25.0 Å². The summed E-state index contributed by atoms with van der Waals surface area (Å²) in [4.78, 5) is 0.357. The van der Waals surface area contributed by atoms with Gasteiger partial charge in [0.25, 0.3) is 0 Å². The summed E-state index contributed by atoms with van der Waals surface area (Å²) in [6.45, 7) is 4.39. The lowest BCUT2D eigenvalue weighted by molar-refractivity contribution is 0.249. The average molecular weight is 285 g/mol. The number of hydrogen-bond donors (Lipinski definition) is 1. The van der Waals surface area contributed by atoms with E-state index in [1.165, 1.54) is 4.31 Å². The largest absolute Gasteiger partial charge is 0.346 e. The van der Waals surface area contributed by atoms with Gasteiger partial charge in [0.15, 0.2) is 0 Å². The van der Waals surface area contributed by atoms with Crippen molar-refractivity contribution in [3.8, 4) is 0 Å². The molecule has 0 radical (unpaired) electrons. The van der Waals surface area contributed by atoms with E-state index in [9.17, 15) is 8.42 Å². The van der Waals surface area contributed by atoms with Gasteiger partial charge in [-0.3, -0.25) is 0 Å². The first-order valence-corrected chi connectivity index (χ1v) is 8.20. The van der Waals surface area contributed by atoms with Gasteiger partial charge in [-0.25, -0.2) is 8.42 Å². The topological polar surface area (TPSA) is 68.3 Å². The van der Waals surface area contributed by atoms with Crippen LogP contribution in [0.1, 0.15) is 44.8 Å². The standard InChI is InChI=1S/C13H23N3O2S/c1-10(2)16-9-13(7-12(16)8-14)19(17,18)15(3)11-5-4-6-11/h7,9-11H,4-6,8,14H2,1-3H3. The molecule has 0 bridgehead atoms. The first kappa shape index (κ1) is 14.6. The van der Waals surface area contributed by atoms with Crippen LogP contribution in [0.15, 0.2) is 17.2 Å². The summed E-state index contributed by atoms with van der Waals surface area (Å²) < 4.78 is 28.5. The third-order valence-corrected chi connectivity index (χ3v) is 5.81. The Bertz CT molecular complexity index is 544. The van der Waals surface area contributed by atoms with E-state index < -0.39 is 10.0 Å². The molecule has 1 fully saturated rings. The summed E-state index contributed by atoms with van der Waals surface area (Å²) in [6, 6.07) is 2.06. The van der Waals surface area contributed by atoms with Crippen molar-refractivity contribution in [3.63, 3.8) is 0 Å². The predicted octanol–water partition coefficient (Wildman–Crippen LogP) is 1.70. The third-order valence-electron chi connectivity index (χ3n) is 3.94. The fourth-order valence-corrected chi connectivity index (χ4v) is 3.86. The Morgan fingerprint density at radius 2 is 2.11 bits per heavy atom. The second-order valence-corrected chi connectivity index (χ2v) is 7.48. The highest BCUT2D eigenvalue weighted by Gasteiger charge is 2.32. The smallest absolute Gasteiger partial charge is 0.244 e. The molecule has 0 saturated heterocycles. The first-order chi connectivity index (χ1) is 8.87. The number of nitrogens with two attached hydrogens (primary N) is 1. The van der Waals surface area contributed by atoms with E-state index >= 15 is 0 Å². The van der Waals surface area contributed by atoms with Gasteiger partial charge in [-0.1, -0.05) is 6.42 Å². The van der Waals surface area contributed by atoms with Crippen LogP contribution in [-0.4, -0.2) is 30.4 Å². The van der Waals surface area contributed by atoms with Crippen molar-refractivity contribution in [2.75, 3.05) is 7.05 Å². The summed E-state index contributed by atoms with van der Waals surface area (Å²) in [5, 5.41) is 0. The molecule has 1 aliphatic carbocycles. The van der Waals surface area contributed by atoms with Gasteiger partial charge in [-0.2, -0.15) is 4.31 Å². The minimum absolute atomic E-state index is 0.161. The highest BCUT2D eigenvalue weighted by atomic mass is 32.2. The zero-order valence-corrected chi connectivity index (χ0v) is 12.7. The second-order valence-electron chi connectivity index (χ2n) is 5.48. The number of aromatic nitrogens is 1. The Hall–Kier alpha value is -0.850. The molecule has 6 heteroatoms. The van der Waals surface area contributed by atoms with Crippen LogP contribution in [0.2, 0.25) is 0 Å². The maximum Gasteiger partial charge on any atom is 0.244 e. The number of hydrogen-bond acceptors (Lipinski definition) is 3. The Kier molecular flexibility index (Phi) is 4.03. The van der Waals surface area contributed by atoms with Crippen LogP contribution in [0.4, 0.5) is 0 Å². The molecule has 0 aromatic carbocycles. The van der Waals surface area contributed by atoms with Gasteiger partial charge in [0.1, 0.15) is 4.90 Å². The second kappa shape index (κ2) is 5.26. The highest BCUT2D eigenvalue weighted by Crippen LogP contribution is 2.29. The van der Waals surface area contributed by atoms with Crippen LogP contribution in [0, 0.1) is 0 Å². The highest BCUT2D eigenvalue weighted by molar-refractivity contribution is 7.89. The van der Waals surface area contributed by atoms with Crippen LogP contribution < -0.4 is 5.73 Å². The molecule has 19 heavy (non-hydrogen) atoms. The van der Waals surface area contributed by atoms with Crippen molar-refractivity contribution in [2.45, 2.75) is 56.6 Å². The molecule has 1 aromatic rings. The molecule has 0 spiro atoms. The number of rotatable bonds is 5. The Morgan fingerprint density at radius 3 is 2.47 bits per heavy atom. The monoisotopic (exact) mass is 285 g/mol. The van der Waals surface area contributed by atoms with Crippen molar-refractivity contribution >= 4 is 10.0 Å². The molecule has 1 aliphatic rings. The number of sulfonamides is 1. The summed E-state index contributed by atoms with van der Waals surface area (Å²) in [5.74, 6) is 0. The molecule has 108 valence electrons. The molecule has 0 unspecified atom stereocenters. The van der Waals surface area contributed by atoms with Crippen LogP contribution in [0.5, 0.6) is 0 Å². The Labute approximate surface area is 115 Å². The Balaban J connectivity index is 2.34. The number of nitrogens with zero attached hydrogens (tertiary/aromatic N) is 2. The van der Waals surface area contributed by atoms with E-state index in [4.69, 9.17) is 5.73 Å². The molecular formula is C13H23N3O2S. The predicted molar refractivity (Wildman–Crippen MR) is 75.3 cm³/mol. The average Bonchev–Trinajstić information content (AvgIpc) is 2.71. The van der Waals surface area contributed by atoms with Crippen molar-refractivity contribution in [3.05, 3.63) is 18.0 Å². The van der Waals surface area contributed by atoms with Gasteiger partial charge in [0.2, 0.25) is 10.0 Å². The van der Waals surface area contributed by atoms with Gasteiger partial charge < -0.3 is 10.3 Å². The normalized spacial score (nSPS) is 17.2. The Morgan fingerprint density at radius 1 is 1.47 bits per heavy atom. The van der Waals surface area contributed by atoms with Crippen LogP contribution >= 0.6 is 0 Å². The zero-order valence-electron chi connectivity index (χ0n) is 11.8. The summed E-state index contributed by atoms with van der Waals surface area (Å²) >= 11 is 0. The molecule has 2 rings (SSSR count). The van der Waals surface area contributed by atoms with Gasteiger partial charge in [-0.05, 0) is 32.8 Å². The maximum atomic E-state index is 12.5. The minimum Gasteiger partial charge on any atom is -0.346 e. The third kappa shape index (κ3) is 2.57. The fraction of sp³-hybridized carbons (Fsp3) is 0.692. The molecule has 1 heterocycles. The molecule has 1 aromatic heterocycles. The molecule has 1 saturated carbocycles.